The summed E-state index contributed by atoms with van der Waals surface area (Å²) in [6, 6.07) is 13.2. The molecule has 3 amide bonds. The minimum atomic E-state index is -1.01. The Labute approximate surface area is 184 Å². The molecule has 0 bridgehead atoms. The quantitative estimate of drug-likeness (QED) is 0.513. The molecule has 166 valence electrons. The van der Waals surface area contributed by atoms with Crippen molar-refractivity contribution in [1.82, 2.24) is 15.0 Å². The summed E-state index contributed by atoms with van der Waals surface area (Å²) in [5.74, 6) is -1.69. The maximum Gasteiger partial charge on any atom is 0.323 e. The number of urea groups is 1. The van der Waals surface area contributed by atoms with Crippen molar-refractivity contribution in [2.45, 2.75) is 26.3 Å². The molecule has 0 radical (unpaired) electrons. The van der Waals surface area contributed by atoms with Crippen LogP contribution in [0.1, 0.15) is 29.6 Å². The van der Waals surface area contributed by atoms with Crippen molar-refractivity contribution in [3.05, 3.63) is 60.0 Å². The number of hydrogen-bond donors (Lipinski definition) is 3. The van der Waals surface area contributed by atoms with E-state index in [1.165, 1.54) is 11.9 Å². The normalized spacial score (nSPS) is 11.5. The van der Waals surface area contributed by atoms with Gasteiger partial charge < -0.3 is 25.2 Å². The van der Waals surface area contributed by atoms with Crippen molar-refractivity contribution < 1.29 is 24.0 Å². The molecule has 3 aromatic rings. The van der Waals surface area contributed by atoms with Crippen molar-refractivity contribution in [1.29, 1.82) is 0 Å². The molecule has 0 aliphatic carbocycles. The number of aromatic nitrogens is 2. The summed E-state index contributed by atoms with van der Waals surface area (Å²) in [5, 5.41) is 18.2. The van der Waals surface area contributed by atoms with E-state index in [1.54, 1.807) is 43.3 Å². The molecule has 0 saturated carbocycles. The predicted molar refractivity (Wildman–Crippen MR) is 117 cm³/mol. The van der Waals surface area contributed by atoms with Crippen LogP contribution < -0.4 is 10.6 Å². The van der Waals surface area contributed by atoms with Gasteiger partial charge in [-0.25, -0.2) is 4.79 Å². The van der Waals surface area contributed by atoms with Gasteiger partial charge in [-0.2, -0.15) is 4.98 Å². The highest BCUT2D eigenvalue weighted by molar-refractivity contribution is 6.00. The van der Waals surface area contributed by atoms with Gasteiger partial charge in [0, 0.05) is 30.0 Å². The number of nitrogens with one attached hydrogen (secondary N) is 2. The number of anilines is 2. The van der Waals surface area contributed by atoms with Crippen LogP contribution >= 0.6 is 0 Å². The number of carboxylic acids is 1. The Morgan fingerprint density at radius 3 is 2.47 bits per heavy atom. The molecule has 0 spiro atoms. The van der Waals surface area contributed by atoms with Crippen LogP contribution in [0.4, 0.5) is 16.2 Å². The minimum Gasteiger partial charge on any atom is -0.481 e. The maximum absolute atomic E-state index is 12.5. The number of aliphatic carboxylic acids is 1. The molecule has 0 fully saturated rings. The van der Waals surface area contributed by atoms with E-state index in [4.69, 9.17) is 9.63 Å². The molecule has 0 saturated heterocycles. The number of nitrogens with zero attached hydrogens (tertiary/aromatic N) is 3. The average Bonchev–Trinajstić information content (AvgIpc) is 3.24. The van der Waals surface area contributed by atoms with Crippen LogP contribution in [0.2, 0.25) is 0 Å². The van der Waals surface area contributed by atoms with Gasteiger partial charge in [-0.3, -0.25) is 9.59 Å². The second-order valence-electron chi connectivity index (χ2n) is 7.31. The second kappa shape index (κ2) is 9.73. The Morgan fingerprint density at radius 1 is 1.09 bits per heavy atom. The first-order chi connectivity index (χ1) is 15.2. The lowest BCUT2D eigenvalue weighted by molar-refractivity contribution is -0.137. The van der Waals surface area contributed by atoms with Gasteiger partial charge in [-0.15, -0.1) is 0 Å². The Balaban J connectivity index is 1.68. The lowest BCUT2D eigenvalue weighted by atomic mass is 10.2. The first-order valence-corrected chi connectivity index (χ1v) is 9.80. The molecule has 1 aromatic heterocycles. The van der Waals surface area contributed by atoms with Crippen LogP contribution in [0.25, 0.3) is 11.4 Å². The molecule has 32 heavy (non-hydrogen) atoms. The van der Waals surface area contributed by atoms with Crippen molar-refractivity contribution in [3.8, 4) is 11.4 Å². The van der Waals surface area contributed by atoms with Crippen molar-refractivity contribution in [2.24, 2.45) is 0 Å². The van der Waals surface area contributed by atoms with Crippen LogP contribution in [0.15, 0.2) is 53.1 Å². The van der Waals surface area contributed by atoms with Gasteiger partial charge in [-0.1, -0.05) is 35.0 Å². The molecule has 1 unspecified atom stereocenters. The predicted octanol–water partition coefficient (Wildman–Crippen LogP) is 3.62. The number of carbonyl (C=O) groups excluding carboxylic acids is 2. The zero-order valence-corrected chi connectivity index (χ0v) is 17.8. The van der Waals surface area contributed by atoms with Gasteiger partial charge in [0.15, 0.2) is 0 Å². The molecule has 0 aliphatic rings. The van der Waals surface area contributed by atoms with E-state index in [2.05, 4.69) is 20.8 Å². The summed E-state index contributed by atoms with van der Waals surface area (Å²) >= 11 is 0. The molecule has 10 heteroatoms. The molecular weight excluding hydrogens is 414 g/mol. The van der Waals surface area contributed by atoms with Crippen molar-refractivity contribution in [3.63, 3.8) is 0 Å². The van der Waals surface area contributed by atoms with E-state index >= 15 is 0 Å². The molecule has 10 nitrogen and oxygen atoms in total. The number of rotatable bonds is 7. The fraction of sp³-hybridized carbons (Fsp3) is 0.227. The van der Waals surface area contributed by atoms with Gasteiger partial charge >= 0.3 is 23.8 Å². The molecule has 1 heterocycles. The summed E-state index contributed by atoms with van der Waals surface area (Å²) in [6.45, 7) is 3.57. The molecule has 1 atom stereocenters. The molecule has 3 N–H and O–H groups in total. The maximum atomic E-state index is 12.5. The van der Waals surface area contributed by atoms with Gasteiger partial charge in [0.2, 0.25) is 5.82 Å². The highest BCUT2D eigenvalue weighted by Crippen LogP contribution is 2.21. The van der Waals surface area contributed by atoms with Crippen LogP contribution in [0.3, 0.4) is 0 Å². The molecule has 3 rings (SSSR count). The number of carbonyl (C=O) groups is 3. The summed E-state index contributed by atoms with van der Waals surface area (Å²) in [7, 11) is 1.47. The largest absolute Gasteiger partial charge is 0.481 e. The Hall–Kier alpha value is -4.21. The SMILES string of the molecule is Cc1ccc(NC(=O)Nc2cccc(-c3noc(C(=O)N(C)C(C)CC(=O)O)n3)c2)cc1. The van der Waals surface area contributed by atoms with E-state index in [-0.39, 0.29) is 18.1 Å². The molecular formula is C22H23N5O5. The van der Waals surface area contributed by atoms with Crippen LogP contribution in [0.5, 0.6) is 0 Å². The standard InChI is InChI=1S/C22H23N5O5/c1-13-7-9-16(10-8-13)23-22(31)24-17-6-4-5-15(12-17)19-25-20(32-26-19)21(30)27(3)14(2)11-18(28)29/h4-10,12,14H,11H2,1-3H3,(H,28,29)(H2,23,24,31). The summed E-state index contributed by atoms with van der Waals surface area (Å²) < 4.78 is 5.07. The second-order valence-corrected chi connectivity index (χ2v) is 7.31. The summed E-state index contributed by atoms with van der Waals surface area (Å²) in [6.07, 6.45) is -0.207. The Bertz CT molecular complexity index is 1130. The highest BCUT2D eigenvalue weighted by Gasteiger charge is 2.25. The number of benzene rings is 2. The van der Waals surface area contributed by atoms with E-state index in [0.717, 1.165) is 5.56 Å². The van der Waals surface area contributed by atoms with Crippen molar-refractivity contribution >= 4 is 29.3 Å². The first kappa shape index (κ1) is 22.5. The summed E-state index contributed by atoms with van der Waals surface area (Å²) in [5.41, 5.74) is 2.77. The van der Waals surface area contributed by atoms with E-state index in [0.29, 0.717) is 16.9 Å². The smallest absolute Gasteiger partial charge is 0.323 e. The third kappa shape index (κ3) is 5.69. The molecule has 2 aromatic carbocycles. The average molecular weight is 437 g/mol. The fourth-order valence-electron chi connectivity index (χ4n) is 2.83. The van der Waals surface area contributed by atoms with Crippen LogP contribution in [0, 0.1) is 6.92 Å². The lowest BCUT2D eigenvalue weighted by Crippen LogP contribution is -2.36. The molecule has 0 aliphatic heterocycles. The van der Waals surface area contributed by atoms with Crippen LogP contribution in [-0.2, 0) is 4.79 Å². The van der Waals surface area contributed by atoms with E-state index < -0.39 is 23.9 Å². The topological polar surface area (TPSA) is 138 Å². The highest BCUT2D eigenvalue weighted by atomic mass is 16.5. The first-order valence-electron chi connectivity index (χ1n) is 9.80. The van der Waals surface area contributed by atoms with Crippen LogP contribution in [-0.4, -0.2) is 51.1 Å². The summed E-state index contributed by atoms with van der Waals surface area (Å²) in [4.78, 5) is 41.0. The fourth-order valence-corrected chi connectivity index (χ4v) is 2.83. The van der Waals surface area contributed by atoms with Gasteiger partial charge in [-0.05, 0) is 38.1 Å². The third-order valence-electron chi connectivity index (χ3n) is 4.75. The van der Waals surface area contributed by atoms with Gasteiger partial charge in [0.05, 0.1) is 6.42 Å². The lowest BCUT2D eigenvalue weighted by Gasteiger charge is -2.21. The van der Waals surface area contributed by atoms with E-state index in [9.17, 15) is 14.4 Å². The third-order valence-corrected chi connectivity index (χ3v) is 4.75. The number of hydrogen-bond acceptors (Lipinski definition) is 6. The van der Waals surface area contributed by atoms with Gasteiger partial charge in [0.25, 0.3) is 0 Å². The Morgan fingerprint density at radius 2 is 1.78 bits per heavy atom. The Kier molecular flexibility index (Phi) is 6.83. The van der Waals surface area contributed by atoms with Crippen molar-refractivity contribution in [2.75, 3.05) is 17.7 Å². The number of amides is 3. The van der Waals surface area contributed by atoms with Gasteiger partial charge in [0.1, 0.15) is 0 Å². The monoisotopic (exact) mass is 437 g/mol. The number of carboxylic acid groups (broad SMARTS) is 1. The minimum absolute atomic E-state index is 0.162. The van der Waals surface area contributed by atoms with E-state index in [1.807, 2.05) is 19.1 Å². The zero-order chi connectivity index (χ0) is 23.3. The zero-order valence-electron chi connectivity index (χ0n) is 17.8. The number of aryl methyl sites for hydroxylation is 1.